The van der Waals surface area contributed by atoms with Crippen molar-refractivity contribution in [3.05, 3.63) is 28.8 Å². The molecular formula is C17H20O5S. The van der Waals surface area contributed by atoms with Gasteiger partial charge >= 0.3 is 0 Å². The molecule has 2 unspecified atom stereocenters. The third kappa shape index (κ3) is 2.64. The van der Waals surface area contributed by atoms with Gasteiger partial charge in [-0.2, -0.15) is 0 Å². The van der Waals surface area contributed by atoms with Crippen molar-refractivity contribution in [2.75, 3.05) is 12.9 Å². The number of rotatable bonds is 3. The van der Waals surface area contributed by atoms with Gasteiger partial charge in [-0.3, -0.25) is 9.59 Å². The van der Waals surface area contributed by atoms with Crippen LogP contribution < -0.4 is 0 Å². The van der Waals surface area contributed by atoms with Gasteiger partial charge in [-0.1, -0.05) is 0 Å². The molecule has 2 atom stereocenters. The molecule has 0 radical (unpaired) electrons. The first-order chi connectivity index (χ1) is 10.9. The van der Waals surface area contributed by atoms with Gasteiger partial charge in [-0.25, -0.2) is 8.42 Å². The molecule has 23 heavy (non-hydrogen) atoms. The third-order valence-electron chi connectivity index (χ3n) is 4.99. The minimum absolute atomic E-state index is 0.0828. The Morgan fingerprint density at radius 2 is 2.00 bits per heavy atom. The highest BCUT2D eigenvalue weighted by atomic mass is 32.2. The lowest BCUT2D eigenvalue weighted by Gasteiger charge is -2.28. The Kier molecular flexibility index (Phi) is 4.14. The molecule has 0 bridgehead atoms. The molecule has 1 heterocycles. The van der Waals surface area contributed by atoms with Crippen molar-refractivity contribution in [2.24, 2.45) is 5.92 Å². The number of benzene rings is 1. The first-order valence-electron chi connectivity index (χ1n) is 7.82. The van der Waals surface area contributed by atoms with Gasteiger partial charge in [0.1, 0.15) is 11.7 Å². The Morgan fingerprint density at radius 1 is 1.26 bits per heavy atom. The number of ether oxygens (including phenoxy) is 1. The molecule has 1 saturated carbocycles. The molecule has 1 aliphatic heterocycles. The van der Waals surface area contributed by atoms with E-state index in [0.717, 1.165) is 6.42 Å². The van der Waals surface area contributed by atoms with E-state index in [-0.39, 0.29) is 23.4 Å². The van der Waals surface area contributed by atoms with Crippen molar-refractivity contribution in [2.45, 2.75) is 43.6 Å². The Labute approximate surface area is 135 Å². The normalized spacial score (nSPS) is 26.1. The van der Waals surface area contributed by atoms with E-state index in [1.165, 1.54) is 13.2 Å². The van der Waals surface area contributed by atoms with Gasteiger partial charge in [-0.15, -0.1) is 0 Å². The average molecular weight is 336 g/mol. The maximum Gasteiger partial charge on any atom is 0.178 e. The molecule has 0 amide bonds. The summed E-state index contributed by atoms with van der Waals surface area (Å²) in [6, 6.07) is 3.06. The summed E-state index contributed by atoms with van der Waals surface area (Å²) in [6.07, 6.45) is 1.87. The van der Waals surface area contributed by atoms with Crippen molar-refractivity contribution >= 4 is 21.4 Å². The highest BCUT2D eigenvalue weighted by Gasteiger charge is 2.39. The molecule has 0 aromatic heterocycles. The van der Waals surface area contributed by atoms with Crippen molar-refractivity contribution in [1.82, 2.24) is 0 Å². The second kappa shape index (κ2) is 5.83. The maximum absolute atomic E-state index is 12.9. The zero-order valence-corrected chi connectivity index (χ0v) is 14.1. The number of Topliss-reactive ketones (excluding diaryl/α,β-unsaturated/α-hetero) is 2. The fourth-order valence-electron chi connectivity index (χ4n) is 3.69. The molecule has 0 spiro atoms. The van der Waals surface area contributed by atoms with Crippen molar-refractivity contribution < 1.29 is 22.7 Å². The Morgan fingerprint density at radius 3 is 2.70 bits per heavy atom. The first-order valence-corrected chi connectivity index (χ1v) is 9.47. The van der Waals surface area contributed by atoms with Crippen molar-refractivity contribution in [3.8, 4) is 0 Å². The van der Waals surface area contributed by atoms with E-state index in [9.17, 15) is 18.0 Å². The van der Waals surface area contributed by atoms with E-state index < -0.39 is 15.8 Å². The molecule has 1 fully saturated rings. The van der Waals surface area contributed by atoms with Crippen LogP contribution in [-0.4, -0.2) is 39.0 Å². The molecule has 124 valence electrons. The Hall–Kier alpha value is -1.53. The molecule has 3 rings (SSSR count). The summed E-state index contributed by atoms with van der Waals surface area (Å²) in [6.45, 7) is 1.77. The minimum Gasteiger partial charge on any atom is -0.380 e. The molecular weight excluding hydrogens is 316 g/mol. The molecule has 5 nitrogen and oxygen atoms in total. The molecule has 1 aromatic carbocycles. The predicted octanol–water partition coefficient (Wildman–Crippen LogP) is 1.89. The smallest absolute Gasteiger partial charge is 0.178 e. The maximum atomic E-state index is 12.9. The number of sulfone groups is 1. The van der Waals surface area contributed by atoms with Gasteiger partial charge in [0.15, 0.2) is 15.6 Å². The second-order valence-corrected chi connectivity index (χ2v) is 8.34. The number of carbonyl (C=O) groups excluding carboxylic acids is 2. The Bertz CT molecular complexity index is 778. The van der Waals surface area contributed by atoms with Crippen LogP contribution in [0, 0.1) is 12.8 Å². The van der Waals surface area contributed by atoms with E-state index in [1.807, 2.05) is 0 Å². The second-order valence-electron chi connectivity index (χ2n) is 6.26. The molecule has 1 aliphatic carbocycles. The summed E-state index contributed by atoms with van der Waals surface area (Å²) in [5.41, 5.74) is 1.85. The van der Waals surface area contributed by atoms with Crippen LogP contribution in [0.1, 0.15) is 40.7 Å². The van der Waals surface area contributed by atoms with Gasteiger partial charge in [0.2, 0.25) is 0 Å². The molecule has 6 heteroatoms. The standard InChI is InChI=1S/C17H20O5S/c1-10-11-8-9-23(20,21)15(11)7-6-12(10)17(19)16-13(18)4-3-5-14(16)22-2/h6-7,14,16H,3-5,8-9H2,1-2H3. The summed E-state index contributed by atoms with van der Waals surface area (Å²) in [4.78, 5) is 25.5. The van der Waals surface area contributed by atoms with Gasteiger partial charge in [-0.05, 0) is 49.4 Å². The molecule has 0 saturated heterocycles. The summed E-state index contributed by atoms with van der Waals surface area (Å²) < 4.78 is 29.3. The van der Waals surface area contributed by atoms with Gasteiger partial charge in [0.05, 0.1) is 16.8 Å². The number of hydrogen-bond acceptors (Lipinski definition) is 5. The minimum atomic E-state index is -3.22. The molecule has 2 aliphatic rings. The van der Waals surface area contributed by atoms with Crippen LogP contribution in [0.5, 0.6) is 0 Å². The number of methoxy groups -OCH3 is 1. The highest BCUT2D eigenvalue weighted by Crippen LogP contribution is 2.33. The Balaban J connectivity index is 2.02. The number of ketones is 2. The lowest BCUT2D eigenvalue weighted by atomic mass is 9.79. The van der Waals surface area contributed by atoms with Crippen LogP contribution in [0.4, 0.5) is 0 Å². The van der Waals surface area contributed by atoms with Crippen LogP contribution in [0.15, 0.2) is 17.0 Å². The van der Waals surface area contributed by atoms with E-state index in [4.69, 9.17) is 4.74 Å². The largest absolute Gasteiger partial charge is 0.380 e. The van der Waals surface area contributed by atoms with Gasteiger partial charge in [0, 0.05) is 19.1 Å². The summed E-state index contributed by atoms with van der Waals surface area (Å²) in [5, 5.41) is 0. The number of hydrogen-bond donors (Lipinski definition) is 0. The fourth-order valence-corrected chi connectivity index (χ4v) is 5.29. The number of carbonyl (C=O) groups is 2. The fraction of sp³-hybridized carbons (Fsp3) is 0.529. The zero-order valence-electron chi connectivity index (χ0n) is 13.3. The third-order valence-corrected chi connectivity index (χ3v) is 6.79. The lowest BCUT2D eigenvalue weighted by Crippen LogP contribution is -2.40. The average Bonchev–Trinajstić information content (AvgIpc) is 2.83. The zero-order chi connectivity index (χ0) is 16.8. The van der Waals surface area contributed by atoms with E-state index in [1.54, 1.807) is 13.0 Å². The monoisotopic (exact) mass is 336 g/mol. The van der Waals surface area contributed by atoms with E-state index >= 15 is 0 Å². The number of fused-ring (bicyclic) bond motifs is 1. The van der Waals surface area contributed by atoms with Crippen LogP contribution in [-0.2, 0) is 25.8 Å². The van der Waals surface area contributed by atoms with Gasteiger partial charge in [0.25, 0.3) is 0 Å². The molecule has 1 aromatic rings. The topological polar surface area (TPSA) is 77.5 Å². The van der Waals surface area contributed by atoms with Crippen LogP contribution in [0.25, 0.3) is 0 Å². The summed E-state index contributed by atoms with van der Waals surface area (Å²) in [5.74, 6) is -1.01. The SMILES string of the molecule is COC1CCCC(=O)C1C(=O)c1ccc2c(c1C)CCS2(=O)=O. The summed E-state index contributed by atoms with van der Waals surface area (Å²) >= 11 is 0. The van der Waals surface area contributed by atoms with Crippen molar-refractivity contribution in [1.29, 1.82) is 0 Å². The van der Waals surface area contributed by atoms with Gasteiger partial charge < -0.3 is 4.74 Å². The first kappa shape index (κ1) is 16.3. The van der Waals surface area contributed by atoms with E-state index in [0.29, 0.717) is 40.8 Å². The quantitative estimate of drug-likeness (QED) is 0.622. The lowest BCUT2D eigenvalue weighted by molar-refractivity contribution is -0.128. The van der Waals surface area contributed by atoms with Crippen LogP contribution >= 0.6 is 0 Å². The summed E-state index contributed by atoms with van der Waals surface area (Å²) in [7, 11) is -1.71. The highest BCUT2D eigenvalue weighted by molar-refractivity contribution is 7.91. The van der Waals surface area contributed by atoms with Crippen LogP contribution in [0.2, 0.25) is 0 Å². The molecule has 0 N–H and O–H groups in total. The predicted molar refractivity (Wildman–Crippen MR) is 84.4 cm³/mol. The van der Waals surface area contributed by atoms with Crippen molar-refractivity contribution in [3.63, 3.8) is 0 Å². The van der Waals surface area contributed by atoms with E-state index in [2.05, 4.69) is 0 Å². The van der Waals surface area contributed by atoms with Crippen LogP contribution in [0.3, 0.4) is 0 Å².